The van der Waals surface area contributed by atoms with Crippen LogP contribution >= 0.6 is 35.1 Å². The van der Waals surface area contributed by atoms with Crippen molar-refractivity contribution in [2.75, 3.05) is 18.6 Å². The zero-order valence-electron chi connectivity index (χ0n) is 11.9. The van der Waals surface area contributed by atoms with Crippen molar-refractivity contribution in [3.8, 4) is 0 Å². The minimum Gasteiger partial charge on any atom is -0.316 e. The maximum Gasteiger partial charge on any atom is 0.130 e. The van der Waals surface area contributed by atoms with Crippen LogP contribution in [0, 0.1) is 6.92 Å². The minimum absolute atomic E-state index is 0.452. The lowest BCUT2D eigenvalue weighted by atomic mass is 10.0. The Morgan fingerprint density at radius 1 is 1.47 bits per heavy atom. The summed E-state index contributed by atoms with van der Waals surface area (Å²) in [5, 5.41) is 9.99. The lowest BCUT2D eigenvalue weighted by Gasteiger charge is -2.34. The second kappa shape index (κ2) is 6.74. The van der Waals surface area contributed by atoms with Gasteiger partial charge in [0.25, 0.3) is 0 Å². The summed E-state index contributed by atoms with van der Waals surface area (Å²) >= 11 is 10.5. The lowest BCUT2D eigenvalue weighted by Crippen LogP contribution is -2.44. The molecule has 6 heteroatoms. The fraction of sp³-hybridized carbons (Fsp3) is 0.769. The second-order valence-corrected chi connectivity index (χ2v) is 8.12. The third kappa shape index (κ3) is 3.43. The maximum atomic E-state index is 6.35. The zero-order valence-corrected chi connectivity index (χ0v) is 14.3. The molecule has 1 fully saturated rings. The molecule has 19 heavy (non-hydrogen) atoms. The van der Waals surface area contributed by atoms with E-state index < -0.39 is 0 Å². The van der Waals surface area contributed by atoms with Crippen LogP contribution in [0.3, 0.4) is 0 Å². The van der Waals surface area contributed by atoms with Gasteiger partial charge in [0.15, 0.2) is 0 Å². The highest BCUT2D eigenvalue weighted by Gasteiger charge is 2.30. The van der Waals surface area contributed by atoms with E-state index in [4.69, 9.17) is 11.6 Å². The summed E-state index contributed by atoms with van der Waals surface area (Å²) in [6.45, 7) is 4.38. The van der Waals surface area contributed by atoms with E-state index in [1.54, 1.807) is 4.68 Å². The summed E-state index contributed by atoms with van der Waals surface area (Å²) in [6, 6.07) is 0.452. The number of thioether (sulfide) groups is 2. The van der Waals surface area contributed by atoms with Crippen LogP contribution in [0.4, 0.5) is 0 Å². The fourth-order valence-corrected chi connectivity index (χ4v) is 5.85. The van der Waals surface area contributed by atoms with Gasteiger partial charge in [-0.05, 0) is 20.4 Å². The molecule has 1 aromatic heterocycles. The first-order valence-corrected chi connectivity index (χ1v) is 9.10. The summed E-state index contributed by atoms with van der Waals surface area (Å²) in [5.41, 5.74) is 2.24. The predicted octanol–water partition coefficient (Wildman–Crippen LogP) is 2.75. The Labute approximate surface area is 129 Å². The lowest BCUT2D eigenvalue weighted by molar-refractivity contribution is 0.530. The molecular formula is C13H22ClN3S2. The topological polar surface area (TPSA) is 29.9 Å². The van der Waals surface area contributed by atoms with Crippen molar-refractivity contribution in [2.45, 2.75) is 36.8 Å². The number of rotatable bonds is 4. The molecule has 1 aliphatic rings. The highest BCUT2D eigenvalue weighted by Crippen LogP contribution is 2.34. The molecule has 0 amide bonds. The smallest absolute Gasteiger partial charge is 0.130 e. The summed E-state index contributed by atoms with van der Waals surface area (Å²) in [5.74, 6) is 2.52. The van der Waals surface area contributed by atoms with Gasteiger partial charge < -0.3 is 5.32 Å². The largest absolute Gasteiger partial charge is 0.316 e. The van der Waals surface area contributed by atoms with Gasteiger partial charge >= 0.3 is 0 Å². The van der Waals surface area contributed by atoms with Crippen LogP contribution < -0.4 is 5.32 Å². The number of aryl methyl sites for hydroxylation is 2. The van der Waals surface area contributed by atoms with Crippen LogP contribution in [-0.4, -0.2) is 44.9 Å². The van der Waals surface area contributed by atoms with E-state index >= 15 is 0 Å². The highest BCUT2D eigenvalue weighted by atomic mass is 35.5. The van der Waals surface area contributed by atoms with Crippen molar-refractivity contribution in [2.24, 2.45) is 7.05 Å². The summed E-state index contributed by atoms with van der Waals surface area (Å²) < 4.78 is 1.77. The molecule has 1 aromatic rings. The quantitative estimate of drug-likeness (QED) is 0.924. The minimum atomic E-state index is 0.452. The average molecular weight is 320 g/mol. The Morgan fingerprint density at radius 2 is 2.16 bits per heavy atom. The van der Waals surface area contributed by atoms with E-state index in [1.165, 1.54) is 17.1 Å². The number of likely N-dealkylation sites (N-methyl/N-ethyl adjacent to an activating group) is 1. The Bertz CT molecular complexity index is 436. The molecule has 0 bridgehead atoms. The van der Waals surface area contributed by atoms with E-state index in [0.717, 1.165) is 17.3 Å². The van der Waals surface area contributed by atoms with E-state index in [0.29, 0.717) is 16.5 Å². The Hall–Kier alpha value is 0.160. The molecule has 0 saturated carbocycles. The van der Waals surface area contributed by atoms with Crippen LogP contribution in [0.15, 0.2) is 0 Å². The normalized spacial score (nSPS) is 25.5. The number of hydrogen-bond acceptors (Lipinski definition) is 4. The molecule has 3 atom stereocenters. The first-order chi connectivity index (χ1) is 9.04. The number of nitrogens with one attached hydrogen (secondary N) is 1. The third-order valence-corrected chi connectivity index (χ3v) is 7.42. The van der Waals surface area contributed by atoms with Gasteiger partial charge in [0.2, 0.25) is 0 Å². The van der Waals surface area contributed by atoms with E-state index in [1.807, 2.05) is 14.0 Å². The van der Waals surface area contributed by atoms with Crippen molar-refractivity contribution < 1.29 is 0 Å². The van der Waals surface area contributed by atoms with Gasteiger partial charge in [0.05, 0.1) is 5.69 Å². The van der Waals surface area contributed by atoms with Gasteiger partial charge in [0, 0.05) is 40.7 Å². The van der Waals surface area contributed by atoms with Crippen LogP contribution in [0.2, 0.25) is 5.15 Å². The Kier molecular flexibility index (Phi) is 5.52. The molecule has 1 N–H and O–H groups in total. The first kappa shape index (κ1) is 15.5. The van der Waals surface area contributed by atoms with Gasteiger partial charge in [-0.25, -0.2) is 0 Å². The first-order valence-electron chi connectivity index (χ1n) is 6.63. The molecule has 108 valence electrons. The number of hydrogen-bond donors (Lipinski definition) is 1. The summed E-state index contributed by atoms with van der Waals surface area (Å²) in [6.07, 6.45) is 0.956. The van der Waals surface area contributed by atoms with Crippen LogP contribution in [0.25, 0.3) is 0 Å². The molecule has 0 radical (unpaired) electrons. The molecule has 0 aliphatic carbocycles. The van der Waals surface area contributed by atoms with Crippen molar-refractivity contribution in [1.82, 2.24) is 15.1 Å². The molecule has 3 unspecified atom stereocenters. The van der Waals surface area contributed by atoms with Gasteiger partial charge in [-0.15, -0.1) is 0 Å². The summed E-state index contributed by atoms with van der Waals surface area (Å²) in [7, 11) is 3.96. The van der Waals surface area contributed by atoms with Crippen molar-refractivity contribution >= 4 is 35.1 Å². The van der Waals surface area contributed by atoms with Crippen molar-refractivity contribution in [1.29, 1.82) is 0 Å². The Balaban J connectivity index is 2.14. The second-order valence-electron chi connectivity index (χ2n) is 4.99. The van der Waals surface area contributed by atoms with Crippen molar-refractivity contribution in [3.63, 3.8) is 0 Å². The molecule has 1 saturated heterocycles. The van der Waals surface area contributed by atoms with Gasteiger partial charge in [-0.3, -0.25) is 4.68 Å². The van der Waals surface area contributed by atoms with Crippen LogP contribution in [0.1, 0.15) is 18.2 Å². The maximum absolute atomic E-state index is 6.35. The molecular weight excluding hydrogens is 298 g/mol. The van der Waals surface area contributed by atoms with Gasteiger partial charge in [-0.1, -0.05) is 18.5 Å². The standard InChI is InChI=1S/C13H22ClN3S2/c1-8-10(13(14)17(4)16-8)7-11(15-3)12-9(2)18-5-6-19-12/h9,11-12,15H,5-7H2,1-4H3. The van der Waals surface area contributed by atoms with E-state index in [9.17, 15) is 0 Å². The number of nitrogens with zero attached hydrogens (tertiary/aromatic N) is 2. The van der Waals surface area contributed by atoms with E-state index in [-0.39, 0.29) is 0 Å². The van der Waals surface area contributed by atoms with Gasteiger partial charge in [-0.2, -0.15) is 28.6 Å². The molecule has 0 aromatic carbocycles. The number of halogens is 1. The molecule has 2 heterocycles. The predicted molar refractivity (Wildman–Crippen MR) is 87.7 cm³/mol. The summed E-state index contributed by atoms with van der Waals surface area (Å²) in [4.78, 5) is 0. The SMILES string of the molecule is CNC(Cc1c(C)nn(C)c1Cl)C1SCCSC1C. The third-order valence-electron chi connectivity index (χ3n) is 3.70. The number of aromatic nitrogens is 2. The van der Waals surface area contributed by atoms with Gasteiger partial charge in [0.1, 0.15) is 5.15 Å². The molecule has 2 rings (SSSR count). The van der Waals surface area contributed by atoms with E-state index in [2.05, 4.69) is 47.9 Å². The highest BCUT2D eigenvalue weighted by molar-refractivity contribution is 8.07. The van der Waals surface area contributed by atoms with Crippen LogP contribution in [-0.2, 0) is 13.5 Å². The van der Waals surface area contributed by atoms with Crippen LogP contribution in [0.5, 0.6) is 0 Å². The van der Waals surface area contributed by atoms with Crippen molar-refractivity contribution in [3.05, 3.63) is 16.4 Å². The Morgan fingerprint density at radius 3 is 2.68 bits per heavy atom. The average Bonchev–Trinajstić information content (AvgIpc) is 2.63. The molecule has 0 spiro atoms. The fourth-order valence-electron chi connectivity index (χ4n) is 2.60. The zero-order chi connectivity index (χ0) is 14.0. The monoisotopic (exact) mass is 319 g/mol. The molecule has 1 aliphatic heterocycles. The molecule has 3 nitrogen and oxygen atoms in total.